The van der Waals surface area contributed by atoms with Crippen molar-refractivity contribution in [3.63, 3.8) is 0 Å². The van der Waals surface area contributed by atoms with Crippen LogP contribution in [0.2, 0.25) is 0 Å². The standard InChI is InChI=1S/C17H14FNO3/c18-14-4-2-1-3-13(14)17(20)19-6-5-11-7-15-16(22-10-21-15)8-12(11)9-19/h1-4,7-8H,5-6,9-10H2. The number of benzene rings is 2. The zero-order valence-electron chi connectivity index (χ0n) is 11.8. The molecule has 0 spiro atoms. The van der Waals surface area contributed by atoms with Crippen LogP contribution in [-0.2, 0) is 13.0 Å². The quantitative estimate of drug-likeness (QED) is 0.813. The molecule has 0 atom stereocenters. The van der Waals surface area contributed by atoms with Gasteiger partial charge in [0.1, 0.15) is 5.82 Å². The molecule has 0 radical (unpaired) electrons. The third kappa shape index (κ3) is 2.09. The molecule has 2 aromatic carbocycles. The molecule has 0 saturated carbocycles. The number of hydrogen-bond acceptors (Lipinski definition) is 3. The fourth-order valence-corrected chi connectivity index (χ4v) is 2.92. The largest absolute Gasteiger partial charge is 0.454 e. The van der Waals surface area contributed by atoms with Gasteiger partial charge in [0, 0.05) is 13.1 Å². The second kappa shape index (κ2) is 5.02. The highest BCUT2D eigenvalue weighted by Crippen LogP contribution is 2.36. The van der Waals surface area contributed by atoms with Gasteiger partial charge in [0.15, 0.2) is 11.5 Å². The predicted molar refractivity (Wildman–Crippen MR) is 77.4 cm³/mol. The Bertz CT molecular complexity index is 760. The fraction of sp³-hybridized carbons (Fsp3) is 0.235. The Kier molecular flexibility index (Phi) is 2.99. The maximum Gasteiger partial charge on any atom is 0.257 e. The van der Waals surface area contributed by atoms with Gasteiger partial charge in [-0.05, 0) is 41.8 Å². The Morgan fingerprint density at radius 3 is 2.59 bits per heavy atom. The van der Waals surface area contributed by atoms with Crippen molar-refractivity contribution in [3.05, 3.63) is 58.9 Å². The van der Waals surface area contributed by atoms with E-state index in [1.165, 1.54) is 12.1 Å². The lowest BCUT2D eigenvalue weighted by molar-refractivity contribution is 0.0730. The van der Waals surface area contributed by atoms with E-state index in [0.29, 0.717) is 18.8 Å². The minimum atomic E-state index is -0.482. The van der Waals surface area contributed by atoms with Crippen molar-refractivity contribution in [1.29, 1.82) is 0 Å². The van der Waals surface area contributed by atoms with Gasteiger partial charge in [-0.3, -0.25) is 4.79 Å². The number of hydrogen-bond donors (Lipinski definition) is 0. The van der Waals surface area contributed by atoms with Gasteiger partial charge in [-0.25, -0.2) is 4.39 Å². The summed E-state index contributed by atoms with van der Waals surface area (Å²) in [5.74, 6) is 0.706. The summed E-state index contributed by atoms with van der Waals surface area (Å²) in [7, 11) is 0. The summed E-state index contributed by atoms with van der Waals surface area (Å²) < 4.78 is 24.5. The third-order valence-electron chi connectivity index (χ3n) is 4.10. The number of fused-ring (bicyclic) bond motifs is 2. The molecular formula is C17H14FNO3. The smallest absolute Gasteiger partial charge is 0.257 e. The first-order valence-corrected chi connectivity index (χ1v) is 7.17. The molecule has 22 heavy (non-hydrogen) atoms. The summed E-state index contributed by atoms with van der Waals surface area (Å²) in [4.78, 5) is 14.2. The van der Waals surface area contributed by atoms with E-state index < -0.39 is 5.82 Å². The van der Waals surface area contributed by atoms with Crippen LogP contribution in [-0.4, -0.2) is 24.1 Å². The summed E-state index contributed by atoms with van der Waals surface area (Å²) in [5, 5.41) is 0. The van der Waals surface area contributed by atoms with Crippen LogP contribution in [0.4, 0.5) is 4.39 Å². The van der Waals surface area contributed by atoms with Gasteiger partial charge < -0.3 is 14.4 Å². The summed E-state index contributed by atoms with van der Waals surface area (Å²) in [6.07, 6.45) is 0.728. The van der Waals surface area contributed by atoms with Gasteiger partial charge >= 0.3 is 0 Å². The second-order valence-corrected chi connectivity index (χ2v) is 5.43. The first kappa shape index (κ1) is 13.1. The number of ether oxygens (including phenoxy) is 2. The van der Waals surface area contributed by atoms with Crippen molar-refractivity contribution in [2.75, 3.05) is 13.3 Å². The Hall–Kier alpha value is -2.56. The molecule has 4 nitrogen and oxygen atoms in total. The first-order valence-electron chi connectivity index (χ1n) is 7.17. The van der Waals surface area contributed by atoms with E-state index in [9.17, 15) is 9.18 Å². The van der Waals surface area contributed by atoms with Gasteiger partial charge in [0.25, 0.3) is 5.91 Å². The highest BCUT2D eigenvalue weighted by molar-refractivity contribution is 5.94. The second-order valence-electron chi connectivity index (χ2n) is 5.43. The highest BCUT2D eigenvalue weighted by atomic mass is 19.1. The molecule has 0 saturated heterocycles. The number of carbonyl (C=O) groups excluding carboxylic acids is 1. The van der Waals surface area contributed by atoms with E-state index in [2.05, 4.69) is 0 Å². The van der Waals surface area contributed by atoms with E-state index in [1.54, 1.807) is 17.0 Å². The number of rotatable bonds is 1. The predicted octanol–water partition coefficient (Wildman–Crippen LogP) is 2.75. The number of amides is 1. The lowest BCUT2D eigenvalue weighted by Gasteiger charge is -2.29. The molecule has 112 valence electrons. The molecule has 2 aromatic rings. The van der Waals surface area contributed by atoms with Crippen molar-refractivity contribution < 1.29 is 18.7 Å². The minimum absolute atomic E-state index is 0.117. The molecular weight excluding hydrogens is 285 g/mol. The molecule has 2 aliphatic heterocycles. The summed E-state index contributed by atoms with van der Waals surface area (Å²) in [6, 6.07) is 9.97. The number of nitrogens with zero attached hydrogens (tertiary/aromatic N) is 1. The Balaban J connectivity index is 1.62. The van der Waals surface area contributed by atoms with E-state index in [1.807, 2.05) is 12.1 Å². The normalized spacial score (nSPS) is 15.6. The van der Waals surface area contributed by atoms with Crippen molar-refractivity contribution in [3.8, 4) is 11.5 Å². The van der Waals surface area contributed by atoms with Crippen LogP contribution >= 0.6 is 0 Å². The van der Waals surface area contributed by atoms with Gasteiger partial charge in [0.2, 0.25) is 6.79 Å². The van der Waals surface area contributed by atoms with Gasteiger partial charge in [-0.15, -0.1) is 0 Å². The molecule has 0 bridgehead atoms. The zero-order chi connectivity index (χ0) is 15.1. The van der Waals surface area contributed by atoms with Crippen molar-refractivity contribution >= 4 is 5.91 Å². The molecule has 0 aliphatic carbocycles. The summed E-state index contributed by atoms with van der Waals surface area (Å²) >= 11 is 0. The number of halogens is 1. The van der Waals surface area contributed by atoms with E-state index >= 15 is 0 Å². The van der Waals surface area contributed by atoms with Crippen molar-refractivity contribution in [2.24, 2.45) is 0 Å². The highest BCUT2D eigenvalue weighted by Gasteiger charge is 2.26. The van der Waals surface area contributed by atoms with E-state index in [4.69, 9.17) is 9.47 Å². The maximum absolute atomic E-state index is 13.8. The van der Waals surface area contributed by atoms with E-state index in [-0.39, 0.29) is 18.3 Å². The molecule has 4 rings (SSSR count). The SMILES string of the molecule is O=C(c1ccccc1F)N1CCc2cc3c(cc2C1)OCO3. The van der Waals surface area contributed by atoms with Crippen LogP contribution < -0.4 is 9.47 Å². The Morgan fingerprint density at radius 1 is 1.09 bits per heavy atom. The first-order chi connectivity index (χ1) is 10.7. The van der Waals surface area contributed by atoms with Crippen LogP contribution in [0.5, 0.6) is 11.5 Å². The maximum atomic E-state index is 13.8. The van der Waals surface area contributed by atoms with Gasteiger partial charge in [-0.1, -0.05) is 12.1 Å². The third-order valence-corrected chi connectivity index (χ3v) is 4.10. The van der Waals surface area contributed by atoms with E-state index in [0.717, 1.165) is 23.3 Å². The summed E-state index contributed by atoms with van der Waals surface area (Å²) in [5.41, 5.74) is 2.30. The molecule has 0 aromatic heterocycles. The average molecular weight is 299 g/mol. The lowest BCUT2D eigenvalue weighted by Crippen LogP contribution is -2.36. The Morgan fingerprint density at radius 2 is 1.82 bits per heavy atom. The zero-order valence-corrected chi connectivity index (χ0v) is 11.8. The molecule has 0 fully saturated rings. The van der Waals surface area contributed by atoms with Crippen molar-refractivity contribution in [1.82, 2.24) is 4.90 Å². The minimum Gasteiger partial charge on any atom is -0.454 e. The number of carbonyl (C=O) groups is 1. The average Bonchev–Trinajstić information content (AvgIpc) is 2.99. The molecule has 2 aliphatic rings. The van der Waals surface area contributed by atoms with Crippen molar-refractivity contribution in [2.45, 2.75) is 13.0 Å². The molecule has 1 amide bonds. The Labute approximate surface area is 127 Å². The summed E-state index contributed by atoms with van der Waals surface area (Å²) in [6.45, 7) is 1.26. The van der Waals surface area contributed by atoms with Gasteiger partial charge in [0.05, 0.1) is 5.56 Å². The van der Waals surface area contributed by atoms with Crippen LogP contribution in [0.3, 0.4) is 0 Å². The molecule has 0 N–H and O–H groups in total. The topological polar surface area (TPSA) is 38.8 Å². The molecule has 5 heteroatoms. The monoisotopic (exact) mass is 299 g/mol. The lowest BCUT2D eigenvalue weighted by atomic mass is 9.98. The molecule has 2 heterocycles. The van der Waals surface area contributed by atoms with Crippen LogP contribution in [0.1, 0.15) is 21.5 Å². The fourth-order valence-electron chi connectivity index (χ4n) is 2.92. The molecule has 0 unspecified atom stereocenters. The van der Waals surface area contributed by atoms with Gasteiger partial charge in [-0.2, -0.15) is 0 Å². The van der Waals surface area contributed by atoms with Crippen LogP contribution in [0, 0.1) is 5.82 Å². The van der Waals surface area contributed by atoms with Crippen LogP contribution in [0.15, 0.2) is 36.4 Å². The van der Waals surface area contributed by atoms with Crippen LogP contribution in [0.25, 0.3) is 0 Å².